The SMILES string of the molecule is O=C(/C=C/c1ccc(S(=O)(=O)NCc2ccco2)cc1)NCCCOC1CCCCC1. The van der Waals surface area contributed by atoms with E-state index in [1.165, 1.54) is 43.7 Å². The maximum absolute atomic E-state index is 12.3. The van der Waals surface area contributed by atoms with E-state index in [1.807, 2.05) is 0 Å². The number of carbonyl (C=O) groups is 1. The van der Waals surface area contributed by atoms with Gasteiger partial charge in [0, 0.05) is 19.2 Å². The number of hydrogen-bond acceptors (Lipinski definition) is 5. The van der Waals surface area contributed by atoms with Crippen molar-refractivity contribution in [2.75, 3.05) is 13.2 Å². The molecule has 7 nitrogen and oxygen atoms in total. The molecule has 1 aliphatic rings. The molecule has 1 fully saturated rings. The quantitative estimate of drug-likeness (QED) is 0.406. The molecule has 2 N–H and O–H groups in total. The lowest BCUT2D eigenvalue weighted by molar-refractivity contribution is -0.116. The van der Waals surface area contributed by atoms with E-state index in [9.17, 15) is 13.2 Å². The summed E-state index contributed by atoms with van der Waals surface area (Å²) >= 11 is 0. The fourth-order valence-corrected chi connectivity index (χ4v) is 4.41. The van der Waals surface area contributed by atoms with Crippen LogP contribution in [0.15, 0.2) is 58.1 Å². The van der Waals surface area contributed by atoms with Crippen molar-refractivity contribution in [1.29, 1.82) is 0 Å². The smallest absolute Gasteiger partial charge is 0.244 e. The van der Waals surface area contributed by atoms with E-state index >= 15 is 0 Å². The molecule has 8 heteroatoms. The number of furan rings is 1. The number of carbonyl (C=O) groups excluding carboxylic acids is 1. The van der Waals surface area contributed by atoms with Crippen molar-refractivity contribution in [2.24, 2.45) is 0 Å². The first-order valence-electron chi connectivity index (χ1n) is 10.7. The number of benzene rings is 1. The van der Waals surface area contributed by atoms with Crippen LogP contribution in [-0.2, 0) is 26.1 Å². The number of rotatable bonds is 11. The van der Waals surface area contributed by atoms with E-state index in [4.69, 9.17) is 9.15 Å². The molecule has 0 spiro atoms. The van der Waals surface area contributed by atoms with Gasteiger partial charge in [-0.3, -0.25) is 4.79 Å². The minimum Gasteiger partial charge on any atom is -0.468 e. The third kappa shape index (κ3) is 7.97. The molecule has 1 amide bonds. The lowest BCUT2D eigenvalue weighted by Gasteiger charge is -2.21. The molecule has 2 aromatic rings. The second kappa shape index (κ2) is 11.8. The van der Waals surface area contributed by atoms with Crippen molar-refractivity contribution in [3.05, 3.63) is 60.1 Å². The molecule has 0 atom stereocenters. The molecular weight excluding hydrogens is 416 g/mol. The van der Waals surface area contributed by atoms with Gasteiger partial charge in [-0.2, -0.15) is 0 Å². The van der Waals surface area contributed by atoms with E-state index in [1.54, 1.807) is 30.3 Å². The molecule has 1 aromatic carbocycles. The number of amides is 1. The molecule has 1 heterocycles. The predicted molar refractivity (Wildman–Crippen MR) is 119 cm³/mol. The van der Waals surface area contributed by atoms with Crippen molar-refractivity contribution >= 4 is 22.0 Å². The number of nitrogens with one attached hydrogen (secondary N) is 2. The fraction of sp³-hybridized carbons (Fsp3) is 0.435. The van der Waals surface area contributed by atoms with Crippen LogP contribution in [0.25, 0.3) is 6.08 Å². The third-order valence-corrected chi connectivity index (χ3v) is 6.58. The normalized spacial score (nSPS) is 15.4. The standard InChI is InChI=1S/C23H30N2O5S/c26-23(24-15-5-17-29-20-6-2-1-3-7-20)14-11-19-9-12-22(13-10-19)31(27,28)25-18-21-8-4-16-30-21/h4,8-14,16,20,25H,1-3,5-7,15,17-18H2,(H,24,26)/b14-11+. The monoisotopic (exact) mass is 446 g/mol. The fourth-order valence-electron chi connectivity index (χ4n) is 3.42. The van der Waals surface area contributed by atoms with Gasteiger partial charge in [0.1, 0.15) is 5.76 Å². The second-order valence-corrected chi connectivity index (χ2v) is 9.35. The van der Waals surface area contributed by atoms with Crippen LogP contribution in [0.4, 0.5) is 0 Å². The number of ether oxygens (including phenoxy) is 1. The molecular formula is C23H30N2O5S. The zero-order valence-electron chi connectivity index (χ0n) is 17.6. The lowest BCUT2D eigenvalue weighted by Crippen LogP contribution is -2.24. The van der Waals surface area contributed by atoms with Crippen LogP contribution in [-0.4, -0.2) is 33.6 Å². The van der Waals surface area contributed by atoms with Gasteiger partial charge in [0.2, 0.25) is 15.9 Å². The van der Waals surface area contributed by atoms with Gasteiger partial charge < -0.3 is 14.5 Å². The molecule has 168 valence electrons. The van der Waals surface area contributed by atoms with Crippen molar-refractivity contribution in [1.82, 2.24) is 10.0 Å². The lowest BCUT2D eigenvalue weighted by atomic mass is 9.98. The van der Waals surface area contributed by atoms with E-state index in [-0.39, 0.29) is 17.3 Å². The van der Waals surface area contributed by atoms with Crippen LogP contribution >= 0.6 is 0 Å². The van der Waals surface area contributed by atoms with Crippen LogP contribution < -0.4 is 10.0 Å². The third-order valence-electron chi connectivity index (χ3n) is 5.16. The Labute approximate surface area is 183 Å². The van der Waals surface area contributed by atoms with Gasteiger partial charge in [-0.25, -0.2) is 13.1 Å². The first kappa shape index (κ1) is 23.2. The first-order chi connectivity index (χ1) is 15.0. The Morgan fingerprint density at radius 1 is 1.13 bits per heavy atom. The molecule has 1 aromatic heterocycles. The van der Waals surface area contributed by atoms with E-state index < -0.39 is 10.0 Å². The average molecular weight is 447 g/mol. The zero-order chi connectivity index (χ0) is 21.9. The summed E-state index contributed by atoms with van der Waals surface area (Å²) in [6, 6.07) is 9.72. The predicted octanol–water partition coefficient (Wildman–Crippen LogP) is 3.63. The van der Waals surface area contributed by atoms with Gasteiger partial charge in [-0.05, 0) is 55.2 Å². The Kier molecular flexibility index (Phi) is 8.87. The van der Waals surface area contributed by atoms with Crippen LogP contribution in [0.3, 0.4) is 0 Å². The molecule has 31 heavy (non-hydrogen) atoms. The average Bonchev–Trinajstić information content (AvgIpc) is 3.31. The number of hydrogen-bond donors (Lipinski definition) is 2. The Balaban J connectivity index is 1.37. The van der Waals surface area contributed by atoms with Gasteiger partial charge in [0.05, 0.1) is 23.8 Å². The van der Waals surface area contributed by atoms with Crippen molar-refractivity contribution < 1.29 is 22.4 Å². The van der Waals surface area contributed by atoms with Gasteiger partial charge in [0.15, 0.2) is 0 Å². The summed E-state index contributed by atoms with van der Waals surface area (Å²) < 4.78 is 38.1. The van der Waals surface area contributed by atoms with Crippen molar-refractivity contribution in [3.63, 3.8) is 0 Å². The Morgan fingerprint density at radius 3 is 2.61 bits per heavy atom. The largest absolute Gasteiger partial charge is 0.468 e. The molecule has 0 saturated heterocycles. The Hall–Kier alpha value is -2.42. The Bertz CT molecular complexity index is 931. The number of sulfonamides is 1. The summed E-state index contributed by atoms with van der Waals surface area (Å²) in [7, 11) is -3.64. The highest BCUT2D eigenvalue weighted by atomic mass is 32.2. The first-order valence-corrected chi connectivity index (χ1v) is 12.2. The van der Waals surface area contributed by atoms with E-state index in [2.05, 4.69) is 10.0 Å². The highest BCUT2D eigenvalue weighted by Gasteiger charge is 2.14. The molecule has 0 aliphatic heterocycles. The molecule has 3 rings (SSSR count). The molecule has 1 aliphatic carbocycles. The highest BCUT2D eigenvalue weighted by Crippen LogP contribution is 2.20. The minimum atomic E-state index is -3.64. The van der Waals surface area contributed by atoms with Crippen molar-refractivity contribution in [3.8, 4) is 0 Å². The topological polar surface area (TPSA) is 97.6 Å². The van der Waals surface area contributed by atoms with Gasteiger partial charge in [-0.15, -0.1) is 0 Å². The van der Waals surface area contributed by atoms with Crippen LogP contribution in [0, 0.1) is 0 Å². The zero-order valence-corrected chi connectivity index (χ0v) is 18.4. The Morgan fingerprint density at radius 2 is 1.90 bits per heavy atom. The van der Waals surface area contributed by atoms with Crippen molar-refractivity contribution in [2.45, 2.75) is 56.1 Å². The summed E-state index contributed by atoms with van der Waals surface area (Å²) in [5, 5.41) is 2.84. The van der Waals surface area contributed by atoms with Crippen LogP contribution in [0.2, 0.25) is 0 Å². The van der Waals surface area contributed by atoms with Gasteiger partial charge >= 0.3 is 0 Å². The maximum atomic E-state index is 12.3. The maximum Gasteiger partial charge on any atom is 0.244 e. The minimum absolute atomic E-state index is 0.0862. The van der Waals surface area contributed by atoms with E-state index in [0.717, 1.165) is 24.8 Å². The summed E-state index contributed by atoms with van der Waals surface area (Å²) in [6.45, 7) is 1.32. The van der Waals surface area contributed by atoms with Gasteiger partial charge in [0.25, 0.3) is 0 Å². The summed E-state index contributed by atoms with van der Waals surface area (Å²) in [5.74, 6) is 0.351. The summed E-state index contributed by atoms with van der Waals surface area (Å²) in [5.41, 5.74) is 0.737. The van der Waals surface area contributed by atoms with E-state index in [0.29, 0.717) is 25.0 Å². The van der Waals surface area contributed by atoms with Crippen LogP contribution in [0.5, 0.6) is 0 Å². The highest BCUT2D eigenvalue weighted by molar-refractivity contribution is 7.89. The summed E-state index contributed by atoms with van der Waals surface area (Å²) in [6.07, 6.45) is 11.9. The van der Waals surface area contributed by atoms with Gasteiger partial charge in [-0.1, -0.05) is 31.4 Å². The molecule has 0 radical (unpaired) electrons. The summed E-state index contributed by atoms with van der Waals surface area (Å²) in [4.78, 5) is 12.1. The second-order valence-electron chi connectivity index (χ2n) is 7.58. The molecule has 0 bridgehead atoms. The molecule has 1 saturated carbocycles. The van der Waals surface area contributed by atoms with Crippen LogP contribution in [0.1, 0.15) is 49.8 Å². The molecule has 0 unspecified atom stereocenters.